The zero-order valence-electron chi connectivity index (χ0n) is 14.0. The molecule has 0 radical (unpaired) electrons. The number of sulfonamides is 1. The second-order valence-corrected chi connectivity index (χ2v) is 9.69. The molecule has 1 saturated carbocycles. The summed E-state index contributed by atoms with van der Waals surface area (Å²) < 4.78 is 35.1. The van der Waals surface area contributed by atoms with Gasteiger partial charge in [0.1, 0.15) is 10.9 Å². The number of amidine groups is 1. The highest BCUT2D eigenvalue weighted by Gasteiger charge is 2.48. The molecule has 0 bridgehead atoms. The van der Waals surface area contributed by atoms with Crippen LogP contribution in [0.5, 0.6) is 0 Å². The van der Waals surface area contributed by atoms with Crippen molar-refractivity contribution in [1.29, 1.82) is 0 Å². The summed E-state index contributed by atoms with van der Waals surface area (Å²) in [6.45, 7) is 3.60. The fourth-order valence-corrected chi connectivity index (χ4v) is 5.73. The van der Waals surface area contributed by atoms with E-state index in [-0.39, 0.29) is 12.1 Å². The van der Waals surface area contributed by atoms with E-state index >= 15 is 0 Å². The molecule has 2 fully saturated rings. The third-order valence-corrected chi connectivity index (χ3v) is 6.97. The molecular formula is C17H23BrN2O3S. The molecular weight excluding hydrogens is 392 g/mol. The first-order chi connectivity index (χ1) is 11.3. The van der Waals surface area contributed by atoms with Crippen LogP contribution in [0.4, 0.5) is 0 Å². The molecule has 1 heterocycles. The van der Waals surface area contributed by atoms with Gasteiger partial charge in [0.05, 0.1) is 6.04 Å². The molecule has 1 atom stereocenters. The van der Waals surface area contributed by atoms with Gasteiger partial charge in [-0.15, -0.1) is 0 Å². The van der Waals surface area contributed by atoms with Crippen LogP contribution in [-0.2, 0) is 14.8 Å². The Hall–Kier alpha value is -1.08. The lowest BCUT2D eigenvalue weighted by Crippen LogP contribution is -2.53. The van der Waals surface area contributed by atoms with Crippen LogP contribution in [0.15, 0.2) is 33.7 Å². The lowest BCUT2D eigenvalue weighted by Gasteiger charge is -2.39. The van der Waals surface area contributed by atoms with Crippen LogP contribution in [-0.4, -0.2) is 26.1 Å². The van der Waals surface area contributed by atoms with E-state index in [9.17, 15) is 8.42 Å². The first-order valence-corrected chi connectivity index (χ1v) is 10.7. The first-order valence-electron chi connectivity index (χ1n) is 8.32. The Morgan fingerprint density at radius 2 is 1.96 bits per heavy atom. The molecule has 0 aromatic heterocycles. The number of halogens is 1. The number of nitrogens with zero attached hydrogens (tertiary/aromatic N) is 1. The van der Waals surface area contributed by atoms with Gasteiger partial charge in [0.2, 0.25) is 10.0 Å². The summed E-state index contributed by atoms with van der Waals surface area (Å²) in [6, 6.07) is 7.61. The maximum atomic E-state index is 12.9. The quantitative estimate of drug-likeness (QED) is 0.797. The van der Waals surface area contributed by atoms with Crippen molar-refractivity contribution in [2.45, 2.75) is 62.8 Å². The summed E-state index contributed by atoms with van der Waals surface area (Å²) in [4.78, 5) is 4.53. The average Bonchev–Trinajstić information content (AvgIpc) is 2.45. The van der Waals surface area contributed by atoms with Gasteiger partial charge in [-0.25, -0.2) is 18.1 Å². The fraction of sp³-hybridized carbons (Fsp3) is 0.588. The van der Waals surface area contributed by atoms with E-state index in [4.69, 9.17) is 4.74 Å². The van der Waals surface area contributed by atoms with Gasteiger partial charge in [0, 0.05) is 4.47 Å². The van der Waals surface area contributed by atoms with Crippen molar-refractivity contribution in [1.82, 2.24) is 4.72 Å². The zero-order valence-corrected chi connectivity index (χ0v) is 16.4. The Bertz CT molecular complexity index is 740. The summed E-state index contributed by atoms with van der Waals surface area (Å²) in [6.07, 6.45) is 5.48. The van der Waals surface area contributed by atoms with Gasteiger partial charge in [0.25, 0.3) is 6.02 Å². The maximum Gasteiger partial charge on any atom is 0.299 e. The monoisotopic (exact) mass is 414 g/mol. The molecule has 132 valence electrons. The smallest absolute Gasteiger partial charge is 0.299 e. The number of benzene rings is 1. The second-order valence-electron chi connectivity index (χ2n) is 7.01. The minimum atomic E-state index is -3.63. The van der Waals surface area contributed by atoms with Crippen molar-refractivity contribution in [2.75, 3.05) is 0 Å². The second kappa shape index (κ2) is 6.67. The Morgan fingerprint density at radius 1 is 1.25 bits per heavy atom. The van der Waals surface area contributed by atoms with Crippen LogP contribution < -0.4 is 4.72 Å². The minimum Gasteiger partial charge on any atom is -0.457 e. The molecule has 1 saturated heterocycles. The van der Waals surface area contributed by atoms with Gasteiger partial charge in [-0.05, 0) is 44.4 Å². The molecule has 3 rings (SSSR count). The van der Waals surface area contributed by atoms with E-state index in [1.807, 2.05) is 24.3 Å². The maximum absolute atomic E-state index is 12.9. The highest BCUT2D eigenvalue weighted by molar-refractivity contribution is 9.10. The van der Waals surface area contributed by atoms with Gasteiger partial charge in [0.15, 0.2) is 0 Å². The Labute approximate surface area is 152 Å². The Balaban J connectivity index is 1.91. The molecule has 2 aliphatic rings. The van der Waals surface area contributed by atoms with Gasteiger partial charge in [-0.2, -0.15) is 0 Å². The van der Waals surface area contributed by atoms with Crippen LogP contribution in [0, 0.1) is 0 Å². The largest absolute Gasteiger partial charge is 0.457 e. The summed E-state index contributed by atoms with van der Waals surface area (Å²) in [7, 11) is -3.63. The van der Waals surface area contributed by atoms with Crippen molar-refractivity contribution in [3.8, 4) is 0 Å². The number of rotatable bonds is 2. The van der Waals surface area contributed by atoms with Gasteiger partial charge in [-0.3, -0.25) is 0 Å². The molecule has 7 heteroatoms. The zero-order chi connectivity index (χ0) is 17.4. The number of aliphatic imine (C=N–C) groups is 1. The van der Waals surface area contributed by atoms with Crippen molar-refractivity contribution in [2.24, 2.45) is 4.99 Å². The average molecular weight is 415 g/mol. The third kappa shape index (κ3) is 3.77. The number of hydrogen-bond acceptors (Lipinski definition) is 4. The third-order valence-electron chi connectivity index (χ3n) is 4.56. The molecule has 0 amide bonds. The predicted molar refractivity (Wildman–Crippen MR) is 98.4 cm³/mol. The molecule has 1 N–H and O–H groups in total. The highest BCUT2D eigenvalue weighted by atomic mass is 79.9. The van der Waals surface area contributed by atoms with Crippen LogP contribution in [0.2, 0.25) is 0 Å². The fourth-order valence-electron chi connectivity index (χ4n) is 3.56. The van der Waals surface area contributed by atoms with Crippen LogP contribution >= 0.6 is 15.9 Å². The van der Waals surface area contributed by atoms with Crippen molar-refractivity contribution >= 4 is 32.0 Å². The standard InChI is InChI=1S/C17H23BrN2O3S/c1-17(2)15(12-7-6-8-13(18)11-12)24(21,22)20-16(23-17)19-14-9-4-3-5-10-14/h6-8,11,14-15H,3-5,9-10H2,1-2H3,(H,19,20). The molecule has 1 aromatic rings. The van der Waals surface area contributed by atoms with Gasteiger partial charge >= 0.3 is 0 Å². The molecule has 1 aliphatic heterocycles. The van der Waals surface area contributed by atoms with Crippen LogP contribution in [0.1, 0.15) is 56.8 Å². The van der Waals surface area contributed by atoms with E-state index in [2.05, 4.69) is 25.6 Å². The van der Waals surface area contributed by atoms with Crippen LogP contribution in [0.3, 0.4) is 0 Å². The van der Waals surface area contributed by atoms with E-state index < -0.39 is 20.9 Å². The molecule has 0 spiro atoms. The SMILES string of the molecule is CC1(C)OC(=NC2CCCCC2)NS(=O)(=O)C1c1cccc(Br)c1. The lowest BCUT2D eigenvalue weighted by atomic mass is 9.96. The van der Waals surface area contributed by atoms with Gasteiger partial charge in [-0.1, -0.05) is 47.3 Å². The van der Waals surface area contributed by atoms with Crippen molar-refractivity contribution in [3.05, 3.63) is 34.3 Å². The molecule has 24 heavy (non-hydrogen) atoms. The van der Waals surface area contributed by atoms with Crippen molar-refractivity contribution < 1.29 is 13.2 Å². The Kier molecular flexibility index (Phi) is 4.93. The first kappa shape index (κ1) is 17.7. The van der Waals surface area contributed by atoms with E-state index in [0.29, 0.717) is 5.56 Å². The number of nitrogens with one attached hydrogen (secondary N) is 1. The summed E-state index contributed by atoms with van der Waals surface area (Å²) in [5.74, 6) is 0. The van der Waals surface area contributed by atoms with Crippen molar-refractivity contribution in [3.63, 3.8) is 0 Å². The normalized spacial score (nSPS) is 28.1. The molecule has 1 aromatic carbocycles. The topological polar surface area (TPSA) is 67.8 Å². The number of ether oxygens (including phenoxy) is 1. The minimum absolute atomic E-state index is 0.137. The number of hydrogen-bond donors (Lipinski definition) is 1. The summed E-state index contributed by atoms with van der Waals surface area (Å²) >= 11 is 3.40. The predicted octanol–water partition coefficient (Wildman–Crippen LogP) is 3.91. The van der Waals surface area contributed by atoms with E-state index in [1.54, 1.807) is 13.8 Å². The highest BCUT2D eigenvalue weighted by Crippen LogP contribution is 2.39. The summed E-state index contributed by atoms with van der Waals surface area (Å²) in [5.41, 5.74) is -0.211. The lowest BCUT2D eigenvalue weighted by molar-refractivity contribution is 0.0758. The van der Waals surface area contributed by atoms with Crippen LogP contribution in [0.25, 0.3) is 0 Å². The molecule has 5 nitrogen and oxygen atoms in total. The van der Waals surface area contributed by atoms with E-state index in [1.165, 1.54) is 6.42 Å². The molecule has 1 aliphatic carbocycles. The van der Waals surface area contributed by atoms with Gasteiger partial charge < -0.3 is 4.74 Å². The Morgan fingerprint density at radius 3 is 2.58 bits per heavy atom. The molecule has 1 unspecified atom stereocenters. The summed E-state index contributed by atoms with van der Waals surface area (Å²) in [5, 5.41) is -0.798. The van der Waals surface area contributed by atoms with E-state index in [0.717, 1.165) is 30.2 Å².